The van der Waals surface area contributed by atoms with E-state index in [2.05, 4.69) is 5.32 Å². The number of carbonyl (C=O) groups is 2. The summed E-state index contributed by atoms with van der Waals surface area (Å²) in [5.41, 5.74) is 1.84. The highest BCUT2D eigenvalue weighted by molar-refractivity contribution is 5.83. The molecule has 6 nitrogen and oxygen atoms in total. The van der Waals surface area contributed by atoms with Gasteiger partial charge in [0.2, 0.25) is 0 Å². The molecule has 2 rings (SSSR count). The lowest BCUT2D eigenvalue weighted by atomic mass is 10.2. The molecule has 0 radical (unpaired) electrons. The number of esters is 1. The van der Waals surface area contributed by atoms with Crippen molar-refractivity contribution in [3.63, 3.8) is 0 Å². The molecular formula is C20H23NO5. The summed E-state index contributed by atoms with van der Waals surface area (Å²) >= 11 is 0. The van der Waals surface area contributed by atoms with Gasteiger partial charge in [-0.1, -0.05) is 30.3 Å². The molecule has 0 aromatic heterocycles. The first kappa shape index (κ1) is 19.3. The smallest absolute Gasteiger partial charge is 0.344 e. The molecule has 6 heteroatoms. The number of methoxy groups -OCH3 is 1. The summed E-state index contributed by atoms with van der Waals surface area (Å²) in [6.07, 6.45) is -0.902. The molecule has 138 valence electrons. The van der Waals surface area contributed by atoms with E-state index in [0.29, 0.717) is 12.3 Å². The summed E-state index contributed by atoms with van der Waals surface area (Å²) in [4.78, 5) is 23.9. The van der Waals surface area contributed by atoms with Crippen molar-refractivity contribution in [2.75, 3.05) is 13.7 Å². The number of carbonyl (C=O) groups excluding carboxylic acids is 2. The average Bonchev–Trinajstić information content (AvgIpc) is 2.65. The quantitative estimate of drug-likeness (QED) is 0.735. The number of para-hydroxylation sites is 1. The minimum absolute atomic E-state index is 0.249. The predicted octanol–water partition coefficient (Wildman–Crippen LogP) is 2.63. The van der Waals surface area contributed by atoms with Crippen molar-refractivity contribution in [2.24, 2.45) is 0 Å². The number of amides is 1. The average molecular weight is 357 g/mol. The fourth-order valence-corrected chi connectivity index (χ4v) is 2.22. The second-order valence-corrected chi connectivity index (χ2v) is 5.75. The lowest BCUT2D eigenvalue weighted by Crippen LogP contribution is -2.36. The van der Waals surface area contributed by atoms with E-state index < -0.39 is 12.1 Å². The van der Waals surface area contributed by atoms with Gasteiger partial charge in [0, 0.05) is 6.54 Å². The Balaban J connectivity index is 1.75. The second kappa shape index (κ2) is 9.46. The van der Waals surface area contributed by atoms with Crippen molar-refractivity contribution in [1.82, 2.24) is 5.32 Å². The SMILES string of the molecule is COc1ccc(CNC(=O)[C@H](C)OC(=O)COc2ccccc2C)cc1. The molecule has 0 unspecified atom stereocenters. The van der Waals surface area contributed by atoms with Gasteiger partial charge in [0.25, 0.3) is 5.91 Å². The topological polar surface area (TPSA) is 73.9 Å². The van der Waals surface area contributed by atoms with Crippen molar-refractivity contribution in [3.05, 3.63) is 59.7 Å². The lowest BCUT2D eigenvalue weighted by Gasteiger charge is -2.14. The second-order valence-electron chi connectivity index (χ2n) is 5.75. The minimum atomic E-state index is -0.902. The van der Waals surface area contributed by atoms with E-state index in [9.17, 15) is 9.59 Å². The number of benzene rings is 2. The van der Waals surface area contributed by atoms with Crippen LogP contribution in [-0.4, -0.2) is 31.7 Å². The highest BCUT2D eigenvalue weighted by Gasteiger charge is 2.18. The molecule has 1 amide bonds. The highest BCUT2D eigenvalue weighted by Crippen LogP contribution is 2.16. The highest BCUT2D eigenvalue weighted by atomic mass is 16.6. The van der Waals surface area contributed by atoms with Gasteiger partial charge in [-0.2, -0.15) is 0 Å². The van der Waals surface area contributed by atoms with E-state index in [4.69, 9.17) is 14.2 Å². The number of aryl methyl sites for hydroxylation is 1. The van der Waals surface area contributed by atoms with Gasteiger partial charge in [-0.15, -0.1) is 0 Å². The summed E-state index contributed by atoms with van der Waals surface area (Å²) in [7, 11) is 1.59. The third kappa shape index (κ3) is 5.81. The van der Waals surface area contributed by atoms with Crippen LogP contribution >= 0.6 is 0 Å². The Hall–Kier alpha value is -3.02. The van der Waals surface area contributed by atoms with Crippen molar-refractivity contribution >= 4 is 11.9 Å². The third-order valence-corrected chi connectivity index (χ3v) is 3.74. The van der Waals surface area contributed by atoms with E-state index in [1.54, 1.807) is 13.2 Å². The van der Waals surface area contributed by atoms with Crippen molar-refractivity contribution in [3.8, 4) is 11.5 Å². The first-order valence-electron chi connectivity index (χ1n) is 8.28. The van der Waals surface area contributed by atoms with Gasteiger partial charge in [0.1, 0.15) is 11.5 Å². The molecule has 0 fully saturated rings. The maximum Gasteiger partial charge on any atom is 0.344 e. The van der Waals surface area contributed by atoms with Crippen molar-refractivity contribution in [1.29, 1.82) is 0 Å². The molecule has 0 saturated heterocycles. The molecule has 0 bridgehead atoms. The molecule has 26 heavy (non-hydrogen) atoms. The van der Waals surface area contributed by atoms with Gasteiger partial charge in [-0.3, -0.25) is 4.79 Å². The molecule has 2 aromatic rings. The minimum Gasteiger partial charge on any atom is -0.497 e. The Bertz CT molecular complexity index is 742. The van der Waals surface area contributed by atoms with Crippen LogP contribution in [0.5, 0.6) is 11.5 Å². The normalized spacial score (nSPS) is 11.3. The largest absolute Gasteiger partial charge is 0.497 e. The van der Waals surface area contributed by atoms with E-state index in [-0.39, 0.29) is 12.5 Å². The number of rotatable bonds is 8. The van der Waals surface area contributed by atoms with E-state index in [0.717, 1.165) is 16.9 Å². The summed E-state index contributed by atoms with van der Waals surface area (Å²) in [6.45, 7) is 3.50. The molecule has 0 saturated carbocycles. The number of hydrogen-bond donors (Lipinski definition) is 1. The summed E-state index contributed by atoms with van der Waals surface area (Å²) in [5, 5.41) is 2.73. The van der Waals surface area contributed by atoms with Crippen LogP contribution in [0, 0.1) is 6.92 Å². The van der Waals surface area contributed by atoms with Gasteiger partial charge in [-0.05, 0) is 43.2 Å². The number of nitrogens with one attached hydrogen (secondary N) is 1. The molecule has 1 atom stereocenters. The maximum absolute atomic E-state index is 12.0. The fourth-order valence-electron chi connectivity index (χ4n) is 2.22. The van der Waals surface area contributed by atoms with Gasteiger partial charge in [-0.25, -0.2) is 4.79 Å². The van der Waals surface area contributed by atoms with Crippen LogP contribution in [-0.2, 0) is 20.9 Å². The van der Waals surface area contributed by atoms with Gasteiger partial charge in [0.05, 0.1) is 7.11 Å². The fraction of sp³-hybridized carbons (Fsp3) is 0.300. The van der Waals surface area contributed by atoms with Crippen LogP contribution in [0.25, 0.3) is 0 Å². The van der Waals surface area contributed by atoms with Crippen LogP contribution in [0.1, 0.15) is 18.1 Å². The molecule has 0 spiro atoms. The van der Waals surface area contributed by atoms with Crippen LogP contribution in [0.15, 0.2) is 48.5 Å². The maximum atomic E-state index is 12.0. The summed E-state index contributed by atoms with van der Waals surface area (Å²) < 4.78 is 15.6. The van der Waals surface area contributed by atoms with E-state index in [1.807, 2.05) is 49.4 Å². The van der Waals surface area contributed by atoms with Gasteiger partial charge in [0.15, 0.2) is 12.7 Å². The predicted molar refractivity (Wildman–Crippen MR) is 97.1 cm³/mol. The lowest BCUT2D eigenvalue weighted by molar-refractivity contribution is -0.156. The molecule has 0 aliphatic rings. The molecule has 0 aliphatic carbocycles. The molecule has 1 N–H and O–H groups in total. The van der Waals surface area contributed by atoms with Crippen LogP contribution in [0.4, 0.5) is 0 Å². The Morgan fingerprint density at radius 3 is 2.42 bits per heavy atom. The van der Waals surface area contributed by atoms with E-state index >= 15 is 0 Å². The first-order chi connectivity index (χ1) is 12.5. The van der Waals surface area contributed by atoms with Crippen LogP contribution < -0.4 is 14.8 Å². The monoisotopic (exact) mass is 357 g/mol. The summed E-state index contributed by atoms with van der Waals surface area (Å²) in [6, 6.07) is 14.7. The Labute approximate surface area is 153 Å². The Kier molecular flexibility index (Phi) is 7.02. The molecular weight excluding hydrogens is 334 g/mol. The zero-order chi connectivity index (χ0) is 18.9. The molecule has 0 aliphatic heterocycles. The molecule has 0 heterocycles. The summed E-state index contributed by atoms with van der Waals surface area (Å²) in [5.74, 6) is 0.391. The zero-order valence-electron chi connectivity index (χ0n) is 15.2. The van der Waals surface area contributed by atoms with Crippen LogP contribution in [0.2, 0.25) is 0 Å². The third-order valence-electron chi connectivity index (χ3n) is 3.74. The van der Waals surface area contributed by atoms with Gasteiger partial charge >= 0.3 is 5.97 Å². The number of ether oxygens (including phenoxy) is 3. The van der Waals surface area contributed by atoms with Crippen molar-refractivity contribution < 1.29 is 23.8 Å². The molecule has 2 aromatic carbocycles. The Morgan fingerprint density at radius 1 is 1.08 bits per heavy atom. The van der Waals surface area contributed by atoms with Crippen LogP contribution in [0.3, 0.4) is 0 Å². The van der Waals surface area contributed by atoms with E-state index in [1.165, 1.54) is 6.92 Å². The zero-order valence-corrected chi connectivity index (χ0v) is 15.2. The van der Waals surface area contributed by atoms with Crippen molar-refractivity contribution in [2.45, 2.75) is 26.5 Å². The number of hydrogen-bond acceptors (Lipinski definition) is 5. The van der Waals surface area contributed by atoms with Gasteiger partial charge < -0.3 is 19.5 Å². The first-order valence-corrected chi connectivity index (χ1v) is 8.28. The Morgan fingerprint density at radius 2 is 1.77 bits per heavy atom. The standard InChI is InChI=1S/C20H23NO5/c1-14-6-4-5-7-18(14)25-13-19(22)26-15(2)20(23)21-12-16-8-10-17(24-3)11-9-16/h4-11,15H,12-13H2,1-3H3,(H,21,23)/t15-/m0/s1.